The molecule has 2 fully saturated rings. The number of carboxylic acid groups (broad SMARTS) is 1. The maximum atomic E-state index is 12.7. The molecule has 28 heavy (non-hydrogen) atoms. The molecule has 0 aromatic carbocycles. The predicted octanol–water partition coefficient (Wildman–Crippen LogP) is 3.44. The lowest BCUT2D eigenvalue weighted by molar-refractivity contribution is -0.152. The Balaban J connectivity index is 1.59. The van der Waals surface area contributed by atoms with Crippen LogP contribution in [-0.2, 0) is 24.8 Å². The van der Waals surface area contributed by atoms with Crippen LogP contribution in [0.15, 0.2) is 9.93 Å². The topological polar surface area (TPSA) is 83.9 Å². The van der Waals surface area contributed by atoms with Crippen LogP contribution in [0.3, 0.4) is 0 Å². The summed E-state index contributed by atoms with van der Waals surface area (Å²) in [7, 11) is -3.22. The number of rotatable bonds is 10. The van der Waals surface area contributed by atoms with Crippen LogP contribution in [0.1, 0.15) is 35.3 Å². The standard InChI is InChI=1S/C18H29NO5S3Si/c1-4-5-10-28(2,3)24-8-6-13-15(20)19-14(17(21)22)18(26-16(13)19)25-12-7-9-27(23)11-12/h12-13,16H,4-11H2,1-3H3,(H,21,22)/t12-,13+,16-,27+/m1/s1/i2T,3T. The molecule has 0 saturated carbocycles. The first-order valence-electron chi connectivity index (χ1n) is 11.0. The van der Waals surface area contributed by atoms with Gasteiger partial charge < -0.3 is 9.53 Å². The zero-order valence-electron chi connectivity index (χ0n) is 18.1. The van der Waals surface area contributed by atoms with Crippen LogP contribution in [0.2, 0.25) is 19.1 Å². The van der Waals surface area contributed by atoms with E-state index in [-0.39, 0.29) is 41.2 Å². The normalized spacial score (nSPS) is 30.9. The summed E-state index contributed by atoms with van der Waals surface area (Å²) in [4.78, 5) is 25.9. The van der Waals surface area contributed by atoms with Gasteiger partial charge in [-0.25, -0.2) is 4.79 Å². The largest absolute Gasteiger partial charge is 0.477 e. The maximum absolute atomic E-state index is 12.7. The number of β-lactam (4-membered cyclic amide) rings is 1. The van der Waals surface area contributed by atoms with Gasteiger partial charge in [-0.3, -0.25) is 13.9 Å². The summed E-state index contributed by atoms with van der Waals surface area (Å²) < 4.78 is 34.1. The first kappa shape index (κ1) is 19.7. The average molecular weight is 468 g/mol. The van der Waals surface area contributed by atoms with Crippen molar-refractivity contribution in [2.75, 3.05) is 18.1 Å². The number of nitrogens with zero attached hydrogens (tertiary/aromatic N) is 1. The predicted molar refractivity (Wildman–Crippen MR) is 118 cm³/mol. The molecule has 3 rings (SSSR count). The maximum Gasteiger partial charge on any atom is 0.354 e. The summed E-state index contributed by atoms with van der Waals surface area (Å²) in [6, 6.07) is 0.799. The minimum atomic E-state index is -2.39. The summed E-state index contributed by atoms with van der Waals surface area (Å²) in [5.41, 5.74) is 0.0684. The molecule has 0 aromatic heterocycles. The van der Waals surface area contributed by atoms with Gasteiger partial charge in [-0.05, 0) is 31.9 Å². The van der Waals surface area contributed by atoms with Crippen LogP contribution in [0.4, 0.5) is 0 Å². The summed E-state index contributed by atoms with van der Waals surface area (Å²) in [5, 5.41) is 9.58. The second-order valence-electron chi connectivity index (χ2n) is 7.53. The van der Waals surface area contributed by atoms with Crippen molar-refractivity contribution in [3.63, 3.8) is 0 Å². The monoisotopic (exact) mass is 467 g/mol. The molecular formula is C18H29NO5S3Si. The third-order valence-electron chi connectivity index (χ3n) is 5.15. The number of aliphatic carboxylic acids is 1. The van der Waals surface area contributed by atoms with Gasteiger partial charge in [0.05, 0.1) is 15.5 Å². The lowest BCUT2D eigenvalue weighted by atomic mass is 9.94. The SMILES string of the molecule is [3H]C[Si](C[3H])(CCCC)OCC[C@H]1C(=O)N2C(C(=O)O)=C(S[C@@H]3CC[S@](=O)C3)S[C@H]12. The third kappa shape index (κ3) is 4.88. The van der Waals surface area contributed by atoms with Crippen LogP contribution in [0, 0.1) is 5.92 Å². The third-order valence-corrected chi connectivity index (χ3v) is 11.8. The number of hydrogen-bond acceptors (Lipinski definition) is 6. The van der Waals surface area contributed by atoms with Crippen molar-refractivity contribution in [1.29, 1.82) is 0 Å². The Morgan fingerprint density at radius 2 is 2.32 bits per heavy atom. The fraction of sp³-hybridized carbons (Fsp3) is 0.778. The minimum Gasteiger partial charge on any atom is -0.477 e. The van der Waals surface area contributed by atoms with E-state index in [1.807, 2.05) is 0 Å². The van der Waals surface area contributed by atoms with Gasteiger partial charge in [0.1, 0.15) is 0 Å². The van der Waals surface area contributed by atoms with Crippen LogP contribution in [0.25, 0.3) is 0 Å². The summed E-state index contributed by atoms with van der Waals surface area (Å²) in [6.45, 7) is 2.75. The van der Waals surface area contributed by atoms with Gasteiger partial charge in [0.25, 0.3) is 0 Å². The number of fused-ring (bicyclic) bond motifs is 1. The Morgan fingerprint density at radius 3 is 2.93 bits per heavy atom. The second-order valence-corrected chi connectivity index (χ2v) is 15.0. The molecule has 0 bridgehead atoms. The molecule has 6 nitrogen and oxygen atoms in total. The molecule has 0 aromatic rings. The van der Waals surface area contributed by atoms with Crippen molar-refractivity contribution in [2.24, 2.45) is 5.92 Å². The molecule has 2 saturated heterocycles. The number of carbonyl (C=O) groups is 2. The first-order chi connectivity index (χ1) is 14.4. The highest BCUT2D eigenvalue weighted by Gasteiger charge is 2.56. The summed E-state index contributed by atoms with van der Waals surface area (Å²) >= 11 is 2.88. The fourth-order valence-corrected chi connectivity index (χ4v) is 10.4. The molecule has 4 atom stereocenters. The van der Waals surface area contributed by atoms with Crippen LogP contribution in [-0.4, -0.2) is 63.1 Å². The number of amides is 1. The highest BCUT2D eigenvalue weighted by molar-refractivity contribution is 8.23. The summed E-state index contributed by atoms with van der Waals surface area (Å²) in [6.07, 6.45) is 3.25. The molecule has 10 heteroatoms. The Labute approximate surface area is 181 Å². The number of carboxylic acids is 1. The van der Waals surface area contributed by atoms with Gasteiger partial charge in [0.15, 0.2) is 14.0 Å². The molecule has 0 spiro atoms. The Kier molecular flexibility index (Phi) is 6.49. The van der Waals surface area contributed by atoms with E-state index in [9.17, 15) is 18.9 Å². The van der Waals surface area contributed by atoms with E-state index in [0.29, 0.717) is 28.8 Å². The highest BCUT2D eigenvalue weighted by atomic mass is 32.2. The van der Waals surface area contributed by atoms with Crippen LogP contribution in [0.5, 0.6) is 0 Å². The minimum absolute atomic E-state index is 0.0684. The quantitative estimate of drug-likeness (QED) is 0.389. The highest BCUT2D eigenvalue weighted by Crippen LogP contribution is 2.55. The number of thioether (sulfide) groups is 2. The zero-order valence-corrected chi connectivity index (χ0v) is 19.5. The number of hydrogen-bond donors (Lipinski definition) is 1. The molecule has 1 N–H and O–H groups in total. The van der Waals surface area contributed by atoms with E-state index >= 15 is 0 Å². The molecule has 0 unspecified atom stereocenters. The molecule has 158 valence electrons. The van der Waals surface area contributed by atoms with E-state index in [1.165, 1.54) is 28.4 Å². The molecular weight excluding hydrogens is 434 g/mol. The smallest absolute Gasteiger partial charge is 0.354 e. The van der Waals surface area contributed by atoms with Gasteiger partial charge in [0, 0.05) is 36.9 Å². The lowest BCUT2D eigenvalue weighted by Gasteiger charge is -2.42. The van der Waals surface area contributed by atoms with Crippen LogP contribution < -0.4 is 0 Å². The molecule has 1 amide bonds. The van der Waals surface area contributed by atoms with Crippen molar-refractivity contribution < 1.29 is 26.1 Å². The van der Waals surface area contributed by atoms with Gasteiger partial charge in [-0.15, -0.1) is 11.8 Å². The van der Waals surface area contributed by atoms with E-state index in [2.05, 4.69) is 6.92 Å². The zero-order chi connectivity index (χ0) is 21.9. The molecule has 3 heterocycles. The lowest BCUT2D eigenvalue weighted by Crippen LogP contribution is -2.57. The average Bonchev–Trinajstić information content (AvgIpc) is 3.29. The van der Waals surface area contributed by atoms with Crippen molar-refractivity contribution in [3.8, 4) is 0 Å². The Bertz CT molecular complexity index is 737. The van der Waals surface area contributed by atoms with Gasteiger partial charge >= 0.3 is 5.97 Å². The Morgan fingerprint density at radius 1 is 1.54 bits per heavy atom. The van der Waals surface area contributed by atoms with Crippen molar-refractivity contribution in [1.82, 2.24) is 4.90 Å². The molecule has 3 aliphatic heterocycles. The molecule has 0 aliphatic carbocycles. The molecule has 3 aliphatic rings. The first-order valence-corrected chi connectivity index (χ1v) is 15.3. The Hall–Kier alpha value is -0.293. The van der Waals surface area contributed by atoms with E-state index in [1.54, 1.807) is 0 Å². The van der Waals surface area contributed by atoms with E-state index < -0.39 is 25.1 Å². The number of unbranched alkanes of at least 4 members (excludes halogenated alkanes) is 1. The van der Waals surface area contributed by atoms with Crippen molar-refractivity contribution in [3.05, 3.63) is 9.93 Å². The van der Waals surface area contributed by atoms with Gasteiger partial charge in [0.2, 0.25) is 5.91 Å². The molecule has 0 radical (unpaired) electrons. The number of carbonyl (C=O) groups excluding carboxylic acids is 1. The fourth-order valence-electron chi connectivity index (χ4n) is 3.55. The van der Waals surface area contributed by atoms with E-state index in [0.717, 1.165) is 25.3 Å². The van der Waals surface area contributed by atoms with Gasteiger partial charge in [-0.2, -0.15) is 0 Å². The van der Waals surface area contributed by atoms with Crippen LogP contribution >= 0.6 is 23.5 Å². The van der Waals surface area contributed by atoms with Crippen molar-refractivity contribution >= 4 is 54.5 Å². The van der Waals surface area contributed by atoms with E-state index in [4.69, 9.17) is 7.17 Å². The van der Waals surface area contributed by atoms with Gasteiger partial charge in [-0.1, -0.05) is 31.5 Å². The van der Waals surface area contributed by atoms with Crippen molar-refractivity contribution in [2.45, 2.75) is 62.3 Å². The second kappa shape index (κ2) is 9.24. The summed E-state index contributed by atoms with van der Waals surface area (Å²) in [5.74, 6) is -0.350.